The molecule has 1 aromatic carbocycles. The Bertz CT molecular complexity index is 909. The van der Waals surface area contributed by atoms with Gasteiger partial charge in [0, 0.05) is 63.6 Å². The van der Waals surface area contributed by atoms with Crippen LogP contribution >= 0.6 is 35.6 Å². The summed E-state index contributed by atoms with van der Waals surface area (Å²) in [4.78, 5) is 23.4. The first-order chi connectivity index (χ1) is 14.9. The molecule has 2 aromatic rings. The van der Waals surface area contributed by atoms with Gasteiger partial charge in [-0.05, 0) is 31.8 Å². The van der Waals surface area contributed by atoms with Gasteiger partial charge in [-0.3, -0.25) is 14.5 Å². The summed E-state index contributed by atoms with van der Waals surface area (Å²) in [5, 5.41) is 8.45. The summed E-state index contributed by atoms with van der Waals surface area (Å²) in [6, 6.07) is 7.68. The number of likely N-dealkylation sites (N-methyl/N-ethyl adjacent to an activating group) is 1. The number of benzene rings is 1. The quantitative estimate of drug-likeness (QED) is 0.326. The number of rotatable bonds is 6. The van der Waals surface area contributed by atoms with E-state index in [-0.39, 0.29) is 35.9 Å². The Balaban J connectivity index is 0.00000363. The molecule has 0 bridgehead atoms. The highest BCUT2D eigenvalue weighted by Crippen LogP contribution is 2.17. The number of aryl methyl sites for hydroxylation is 1. The van der Waals surface area contributed by atoms with E-state index in [0.717, 1.165) is 36.7 Å². The maximum absolute atomic E-state index is 12.7. The van der Waals surface area contributed by atoms with Crippen molar-refractivity contribution < 1.29 is 4.79 Å². The Kier molecular flexibility index (Phi) is 10.2. The van der Waals surface area contributed by atoms with Crippen LogP contribution in [0.25, 0.3) is 0 Å². The summed E-state index contributed by atoms with van der Waals surface area (Å²) in [5.41, 5.74) is 2.11. The molecule has 1 aliphatic heterocycles. The van der Waals surface area contributed by atoms with Crippen molar-refractivity contribution in [3.63, 3.8) is 0 Å². The third-order valence-electron chi connectivity index (χ3n) is 5.57. The minimum absolute atomic E-state index is 0. The van der Waals surface area contributed by atoms with E-state index in [2.05, 4.69) is 39.3 Å². The first-order valence-electron chi connectivity index (χ1n) is 10.5. The Morgan fingerprint density at radius 3 is 2.50 bits per heavy atom. The fraction of sp³-hybridized carbons (Fsp3) is 0.500. The molecule has 1 saturated heterocycles. The van der Waals surface area contributed by atoms with Crippen LogP contribution in [0.4, 0.5) is 0 Å². The number of nitrogens with one attached hydrogen (secondary N) is 1. The minimum atomic E-state index is 0. The SMILES string of the molecule is CN=C(NCC(c1cnn(C)c1)N(C)C)N1CCN(C(=O)Cc2cccc(Cl)c2)CC1.I. The van der Waals surface area contributed by atoms with Crippen molar-refractivity contribution in [3.05, 3.63) is 52.8 Å². The molecule has 1 fully saturated rings. The zero-order valence-electron chi connectivity index (χ0n) is 19.2. The number of halogens is 2. The zero-order chi connectivity index (χ0) is 22.4. The Morgan fingerprint density at radius 1 is 1.25 bits per heavy atom. The highest BCUT2D eigenvalue weighted by molar-refractivity contribution is 14.0. The van der Waals surface area contributed by atoms with Crippen LogP contribution in [0, 0.1) is 0 Å². The molecular weight excluding hydrogens is 541 g/mol. The van der Waals surface area contributed by atoms with Crippen LogP contribution in [0.5, 0.6) is 0 Å². The van der Waals surface area contributed by atoms with Crippen molar-refractivity contribution in [2.75, 3.05) is 53.9 Å². The van der Waals surface area contributed by atoms with Crippen molar-refractivity contribution in [1.82, 2.24) is 29.8 Å². The molecule has 0 saturated carbocycles. The van der Waals surface area contributed by atoms with Crippen LogP contribution in [-0.2, 0) is 18.3 Å². The summed E-state index contributed by atoms with van der Waals surface area (Å²) in [5.74, 6) is 0.992. The summed E-state index contributed by atoms with van der Waals surface area (Å²) in [7, 11) is 7.85. The van der Waals surface area contributed by atoms with E-state index < -0.39 is 0 Å². The van der Waals surface area contributed by atoms with Gasteiger partial charge in [-0.25, -0.2) is 0 Å². The molecule has 0 spiro atoms. The lowest BCUT2D eigenvalue weighted by atomic mass is 10.1. The maximum atomic E-state index is 12.7. The van der Waals surface area contributed by atoms with Crippen LogP contribution in [0.2, 0.25) is 5.02 Å². The fourth-order valence-electron chi connectivity index (χ4n) is 3.83. The Hall–Kier alpha value is -1.85. The monoisotopic (exact) mass is 573 g/mol. The molecule has 0 aliphatic carbocycles. The number of guanidine groups is 1. The van der Waals surface area contributed by atoms with E-state index in [4.69, 9.17) is 11.6 Å². The molecule has 1 atom stereocenters. The topological polar surface area (TPSA) is 69.0 Å². The van der Waals surface area contributed by atoms with Crippen LogP contribution < -0.4 is 5.32 Å². The number of aromatic nitrogens is 2. The van der Waals surface area contributed by atoms with Gasteiger partial charge in [0.2, 0.25) is 5.91 Å². The van der Waals surface area contributed by atoms with Gasteiger partial charge >= 0.3 is 0 Å². The smallest absolute Gasteiger partial charge is 0.227 e. The maximum Gasteiger partial charge on any atom is 0.227 e. The van der Waals surface area contributed by atoms with Crippen molar-refractivity contribution in [2.45, 2.75) is 12.5 Å². The number of aliphatic imine (C=N–C) groups is 1. The van der Waals surface area contributed by atoms with E-state index in [0.29, 0.717) is 24.5 Å². The van der Waals surface area contributed by atoms with Crippen molar-refractivity contribution in [1.29, 1.82) is 0 Å². The molecule has 3 rings (SSSR count). The lowest BCUT2D eigenvalue weighted by Gasteiger charge is -2.37. The third-order valence-corrected chi connectivity index (χ3v) is 5.81. The Labute approximate surface area is 212 Å². The highest BCUT2D eigenvalue weighted by atomic mass is 127. The van der Waals surface area contributed by atoms with Crippen LogP contribution in [0.1, 0.15) is 17.2 Å². The molecule has 1 N–H and O–H groups in total. The number of piperazine rings is 1. The van der Waals surface area contributed by atoms with E-state index in [1.54, 1.807) is 7.05 Å². The van der Waals surface area contributed by atoms with Gasteiger partial charge in [-0.1, -0.05) is 23.7 Å². The van der Waals surface area contributed by atoms with Gasteiger partial charge in [-0.2, -0.15) is 5.10 Å². The van der Waals surface area contributed by atoms with Gasteiger partial charge in [0.05, 0.1) is 18.7 Å². The average molecular weight is 574 g/mol. The van der Waals surface area contributed by atoms with Crippen molar-refractivity contribution in [3.8, 4) is 0 Å². The first kappa shape index (κ1) is 26.4. The second kappa shape index (κ2) is 12.4. The lowest BCUT2D eigenvalue weighted by Crippen LogP contribution is -2.54. The molecule has 2 heterocycles. The number of carbonyl (C=O) groups is 1. The molecule has 10 heteroatoms. The third kappa shape index (κ3) is 7.08. The largest absolute Gasteiger partial charge is 0.354 e. The van der Waals surface area contributed by atoms with E-state index in [1.165, 1.54) is 0 Å². The number of carbonyl (C=O) groups excluding carboxylic acids is 1. The average Bonchev–Trinajstić information content (AvgIpc) is 3.17. The second-order valence-electron chi connectivity index (χ2n) is 8.03. The summed E-state index contributed by atoms with van der Waals surface area (Å²) in [6.45, 7) is 3.58. The normalized spacial score (nSPS) is 15.5. The summed E-state index contributed by atoms with van der Waals surface area (Å²) in [6.07, 6.45) is 4.32. The summed E-state index contributed by atoms with van der Waals surface area (Å²) < 4.78 is 1.82. The van der Waals surface area contributed by atoms with Gasteiger partial charge in [0.1, 0.15) is 0 Å². The van der Waals surface area contributed by atoms with Crippen LogP contribution in [0.3, 0.4) is 0 Å². The minimum Gasteiger partial charge on any atom is -0.354 e. The standard InChI is InChI=1S/C22H32ClN7O.HI/c1-24-22(25-15-20(27(2)3)18-14-26-28(4)16-18)30-10-8-29(9-11-30)21(31)13-17-6-5-7-19(23)12-17;/h5-7,12,14,16,20H,8-11,13,15H2,1-4H3,(H,24,25);1H. The molecule has 1 aromatic heterocycles. The predicted molar refractivity (Wildman–Crippen MR) is 140 cm³/mol. The molecular formula is C22H33ClIN7O. The highest BCUT2D eigenvalue weighted by Gasteiger charge is 2.24. The number of nitrogens with zero attached hydrogens (tertiary/aromatic N) is 6. The zero-order valence-corrected chi connectivity index (χ0v) is 22.2. The van der Waals surface area contributed by atoms with Crippen LogP contribution in [0.15, 0.2) is 41.7 Å². The molecule has 8 nitrogen and oxygen atoms in total. The fourth-order valence-corrected chi connectivity index (χ4v) is 4.04. The molecule has 0 radical (unpaired) electrons. The molecule has 32 heavy (non-hydrogen) atoms. The first-order valence-corrected chi connectivity index (χ1v) is 10.9. The van der Waals surface area contributed by atoms with E-state index in [1.807, 2.05) is 53.3 Å². The summed E-state index contributed by atoms with van der Waals surface area (Å²) >= 11 is 6.04. The predicted octanol–water partition coefficient (Wildman–Crippen LogP) is 2.26. The Morgan fingerprint density at radius 2 is 1.94 bits per heavy atom. The van der Waals surface area contributed by atoms with Gasteiger partial charge in [-0.15, -0.1) is 24.0 Å². The molecule has 1 amide bonds. The van der Waals surface area contributed by atoms with Gasteiger partial charge in [0.15, 0.2) is 5.96 Å². The van der Waals surface area contributed by atoms with E-state index >= 15 is 0 Å². The second-order valence-corrected chi connectivity index (χ2v) is 8.47. The molecule has 176 valence electrons. The van der Waals surface area contributed by atoms with Crippen LogP contribution in [-0.4, -0.2) is 90.2 Å². The number of amides is 1. The number of hydrogen-bond donors (Lipinski definition) is 1. The number of hydrogen-bond acceptors (Lipinski definition) is 4. The van der Waals surface area contributed by atoms with Gasteiger partial charge in [0.25, 0.3) is 0 Å². The van der Waals surface area contributed by atoms with Crippen molar-refractivity contribution in [2.24, 2.45) is 12.0 Å². The van der Waals surface area contributed by atoms with Crippen molar-refractivity contribution >= 4 is 47.4 Å². The molecule has 1 unspecified atom stereocenters. The lowest BCUT2D eigenvalue weighted by molar-refractivity contribution is -0.131. The van der Waals surface area contributed by atoms with E-state index in [9.17, 15) is 4.79 Å². The molecule has 1 aliphatic rings. The van der Waals surface area contributed by atoms with Gasteiger partial charge < -0.3 is 20.0 Å².